The Hall–Kier alpha value is -2.95. The van der Waals surface area contributed by atoms with Crippen LogP contribution in [0, 0.1) is 13.8 Å². The largest absolute Gasteiger partial charge is 0.361 e. The molecule has 3 aromatic rings. The number of amides is 1. The zero-order valence-corrected chi connectivity index (χ0v) is 16.4. The average molecular weight is 375 g/mol. The number of likely N-dealkylation sites (tertiary alicyclic amines) is 1. The number of benzene rings is 1. The minimum absolute atomic E-state index is 0.0713. The standard InChI is InChI=1S/C23H25N3O2/c1-16-23(17(2)28-25-16)19-11-12-20(24-15-19)21-9-6-14-26(21)22(27)13-10-18-7-4-3-5-8-18/h3-5,7-8,11-12,15,21H,6,9-10,13-14H2,1-2H3/t21-/m1/s1. The minimum atomic E-state index is 0.0713. The summed E-state index contributed by atoms with van der Waals surface area (Å²) < 4.78 is 5.26. The summed E-state index contributed by atoms with van der Waals surface area (Å²) in [5, 5.41) is 4.02. The fraction of sp³-hybridized carbons (Fsp3) is 0.348. The van der Waals surface area contributed by atoms with Gasteiger partial charge in [-0.2, -0.15) is 0 Å². The number of hydrogen-bond donors (Lipinski definition) is 0. The van der Waals surface area contributed by atoms with Crippen molar-refractivity contribution in [1.29, 1.82) is 0 Å². The van der Waals surface area contributed by atoms with E-state index >= 15 is 0 Å². The van der Waals surface area contributed by atoms with E-state index in [1.165, 1.54) is 5.56 Å². The molecule has 5 nitrogen and oxygen atoms in total. The predicted molar refractivity (Wildman–Crippen MR) is 108 cm³/mol. The smallest absolute Gasteiger partial charge is 0.223 e. The molecule has 1 aliphatic heterocycles. The van der Waals surface area contributed by atoms with Crippen molar-refractivity contribution in [2.75, 3.05) is 6.54 Å². The molecule has 0 N–H and O–H groups in total. The molecule has 1 atom stereocenters. The SMILES string of the molecule is Cc1noc(C)c1-c1ccc([C@H]2CCCN2C(=O)CCc2ccccc2)nc1. The maximum atomic E-state index is 12.8. The third-order valence-corrected chi connectivity index (χ3v) is 5.49. The van der Waals surface area contributed by atoms with E-state index in [1.807, 2.05) is 49.2 Å². The molecule has 1 saturated heterocycles. The van der Waals surface area contributed by atoms with Crippen molar-refractivity contribution in [3.05, 3.63) is 71.4 Å². The van der Waals surface area contributed by atoms with Crippen molar-refractivity contribution in [3.63, 3.8) is 0 Å². The second-order valence-electron chi connectivity index (χ2n) is 7.40. The second-order valence-corrected chi connectivity index (χ2v) is 7.40. The summed E-state index contributed by atoms with van der Waals surface area (Å²) in [7, 11) is 0. The Balaban J connectivity index is 1.46. The third-order valence-electron chi connectivity index (χ3n) is 5.49. The van der Waals surface area contributed by atoms with E-state index in [1.54, 1.807) is 0 Å². The fourth-order valence-electron chi connectivity index (χ4n) is 4.06. The molecule has 0 bridgehead atoms. The molecule has 1 amide bonds. The highest BCUT2D eigenvalue weighted by molar-refractivity contribution is 5.77. The van der Waals surface area contributed by atoms with Crippen LogP contribution >= 0.6 is 0 Å². The van der Waals surface area contributed by atoms with Gasteiger partial charge in [-0.25, -0.2) is 0 Å². The molecule has 2 aromatic heterocycles. The van der Waals surface area contributed by atoms with E-state index in [4.69, 9.17) is 4.52 Å². The van der Waals surface area contributed by atoms with Gasteiger partial charge in [-0.1, -0.05) is 41.6 Å². The molecule has 144 valence electrons. The normalized spacial score (nSPS) is 16.5. The number of aryl methyl sites for hydroxylation is 3. The van der Waals surface area contributed by atoms with Gasteiger partial charge >= 0.3 is 0 Å². The quantitative estimate of drug-likeness (QED) is 0.651. The lowest BCUT2D eigenvalue weighted by molar-refractivity contribution is -0.132. The number of pyridine rings is 1. The number of carbonyl (C=O) groups excluding carboxylic acids is 1. The summed E-state index contributed by atoms with van der Waals surface area (Å²) in [6.07, 6.45) is 5.18. The van der Waals surface area contributed by atoms with Crippen LogP contribution < -0.4 is 0 Å². The first kappa shape index (κ1) is 18.4. The lowest BCUT2D eigenvalue weighted by atomic mass is 10.0. The van der Waals surface area contributed by atoms with Crippen molar-refractivity contribution in [2.45, 2.75) is 45.6 Å². The van der Waals surface area contributed by atoms with Crippen LogP contribution in [0.1, 0.15) is 48.0 Å². The van der Waals surface area contributed by atoms with Crippen LogP contribution in [0.25, 0.3) is 11.1 Å². The maximum Gasteiger partial charge on any atom is 0.223 e. The van der Waals surface area contributed by atoms with Gasteiger partial charge in [-0.15, -0.1) is 0 Å². The van der Waals surface area contributed by atoms with Crippen LogP contribution in [0.5, 0.6) is 0 Å². The monoisotopic (exact) mass is 375 g/mol. The van der Waals surface area contributed by atoms with E-state index in [9.17, 15) is 4.79 Å². The summed E-state index contributed by atoms with van der Waals surface area (Å²) >= 11 is 0. The first-order valence-electron chi connectivity index (χ1n) is 9.86. The molecule has 0 unspecified atom stereocenters. The van der Waals surface area contributed by atoms with Gasteiger partial charge in [0.1, 0.15) is 5.76 Å². The molecular formula is C23H25N3O2. The molecule has 0 aliphatic carbocycles. The van der Waals surface area contributed by atoms with Gasteiger partial charge in [0.05, 0.1) is 17.4 Å². The van der Waals surface area contributed by atoms with Gasteiger partial charge in [0.15, 0.2) is 0 Å². The summed E-state index contributed by atoms with van der Waals surface area (Å²) in [4.78, 5) is 19.5. The minimum Gasteiger partial charge on any atom is -0.361 e. The van der Waals surface area contributed by atoms with Gasteiger partial charge in [-0.05, 0) is 44.7 Å². The second kappa shape index (κ2) is 7.97. The first-order chi connectivity index (χ1) is 13.6. The van der Waals surface area contributed by atoms with Crippen molar-refractivity contribution in [2.24, 2.45) is 0 Å². The fourth-order valence-corrected chi connectivity index (χ4v) is 4.06. The highest BCUT2D eigenvalue weighted by atomic mass is 16.5. The molecule has 4 rings (SSSR count). The molecule has 1 aliphatic rings. The Bertz CT molecular complexity index is 928. The van der Waals surface area contributed by atoms with Gasteiger partial charge < -0.3 is 9.42 Å². The van der Waals surface area contributed by atoms with Crippen LogP contribution in [-0.4, -0.2) is 27.5 Å². The number of aromatic nitrogens is 2. The van der Waals surface area contributed by atoms with Gasteiger partial charge in [-0.3, -0.25) is 9.78 Å². The summed E-state index contributed by atoms with van der Waals surface area (Å²) in [6.45, 7) is 4.66. The van der Waals surface area contributed by atoms with E-state index < -0.39 is 0 Å². The number of hydrogen-bond acceptors (Lipinski definition) is 4. The zero-order valence-electron chi connectivity index (χ0n) is 16.4. The molecule has 1 aromatic carbocycles. The van der Waals surface area contributed by atoms with Crippen molar-refractivity contribution in [1.82, 2.24) is 15.0 Å². The number of nitrogens with zero attached hydrogens (tertiary/aromatic N) is 3. The lowest BCUT2D eigenvalue weighted by Gasteiger charge is -2.24. The van der Waals surface area contributed by atoms with Crippen LogP contribution in [-0.2, 0) is 11.2 Å². The maximum absolute atomic E-state index is 12.8. The summed E-state index contributed by atoms with van der Waals surface area (Å²) in [6, 6.07) is 14.3. The van der Waals surface area contributed by atoms with Crippen LogP contribution in [0.2, 0.25) is 0 Å². The van der Waals surface area contributed by atoms with E-state index in [2.05, 4.69) is 28.3 Å². The Morgan fingerprint density at radius 3 is 2.68 bits per heavy atom. The van der Waals surface area contributed by atoms with Crippen molar-refractivity contribution < 1.29 is 9.32 Å². The first-order valence-corrected chi connectivity index (χ1v) is 9.86. The Kier molecular flexibility index (Phi) is 5.24. The summed E-state index contributed by atoms with van der Waals surface area (Å²) in [5.74, 6) is 1.01. The molecule has 0 spiro atoms. The molecule has 0 saturated carbocycles. The highest BCUT2D eigenvalue weighted by Gasteiger charge is 2.30. The van der Waals surface area contributed by atoms with E-state index in [0.717, 1.165) is 54.1 Å². The molecule has 1 fully saturated rings. The molecular weight excluding hydrogens is 350 g/mol. The number of rotatable bonds is 5. The van der Waals surface area contributed by atoms with Gasteiger partial charge in [0.2, 0.25) is 5.91 Å². The Labute approximate surface area is 165 Å². The molecule has 5 heteroatoms. The topological polar surface area (TPSA) is 59.2 Å². The lowest BCUT2D eigenvalue weighted by Crippen LogP contribution is -2.31. The molecule has 28 heavy (non-hydrogen) atoms. The van der Waals surface area contributed by atoms with E-state index in [0.29, 0.717) is 6.42 Å². The zero-order chi connectivity index (χ0) is 19.5. The highest BCUT2D eigenvalue weighted by Crippen LogP contribution is 2.33. The average Bonchev–Trinajstić information content (AvgIpc) is 3.34. The van der Waals surface area contributed by atoms with E-state index in [-0.39, 0.29) is 11.9 Å². The summed E-state index contributed by atoms with van der Waals surface area (Å²) in [5.41, 5.74) is 5.03. The van der Waals surface area contributed by atoms with Gasteiger partial charge in [0.25, 0.3) is 0 Å². The Morgan fingerprint density at radius 2 is 2.00 bits per heavy atom. The van der Waals surface area contributed by atoms with Crippen LogP contribution in [0.4, 0.5) is 0 Å². The Morgan fingerprint density at radius 1 is 1.18 bits per heavy atom. The van der Waals surface area contributed by atoms with Crippen LogP contribution in [0.3, 0.4) is 0 Å². The molecule has 0 radical (unpaired) electrons. The number of carbonyl (C=O) groups is 1. The van der Waals surface area contributed by atoms with Crippen molar-refractivity contribution >= 4 is 5.91 Å². The van der Waals surface area contributed by atoms with Crippen LogP contribution in [0.15, 0.2) is 53.2 Å². The third kappa shape index (κ3) is 3.70. The predicted octanol–water partition coefficient (Wildman–Crippen LogP) is 4.65. The molecule has 3 heterocycles. The van der Waals surface area contributed by atoms with Crippen molar-refractivity contribution in [3.8, 4) is 11.1 Å². The van der Waals surface area contributed by atoms with Gasteiger partial charge in [0, 0.05) is 30.3 Å².